The van der Waals surface area contributed by atoms with Crippen LogP contribution in [0.15, 0.2) is 29.2 Å². The molecule has 1 unspecified atom stereocenters. The quantitative estimate of drug-likeness (QED) is 0.720. The molecule has 1 aromatic carbocycles. The van der Waals surface area contributed by atoms with Crippen LogP contribution in [-0.4, -0.2) is 42.3 Å². The van der Waals surface area contributed by atoms with E-state index in [-0.39, 0.29) is 23.6 Å². The minimum Gasteiger partial charge on any atom is -0.481 e. The highest BCUT2D eigenvalue weighted by atomic mass is 32.2. The van der Waals surface area contributed by atoms with Crippen molar-refractivity contribution in [3.05, 3.63) is 29.8 Å². The van der Waals surface area contributed by atoms with Crippen molar-refractivity contribution in [2.75, 3.05) is 18.6 Å². The summed E-state index contributed by atoms with van der Waals surface area (Å²) in [5.74, 6) is -0.633. The maximum Gasteiger partial charge on any atom is 0.303 e. The Bertz CT molecular complexity index is 580. The van der Waals surface area contributed by atoms with Gasteiger partial charge in [0.25, 0.3) is 0 Å². The fourth-order valence-electron chi connectivity index (χ4n) is 1.49. The number of hydrogen-bond donors (Lipinski definition) is 2. The van der Waals surface area contributed by atoms with E-state index in [2.05, 4.69) is 4.72 Å². The van der Waals surface area contributed by atoms with Gasteiger partial charge in [0, 0.05) is 35.8 Å². The fraction of sp³-hybridized carbons (Fsp3) is 0.417. The van der Waals surface area contributed by atoms with Gasteiger partial charge < -0.3 is 5.11 Å². The number of aryl methyl sites for hydroxylation is 1. The number of carbonyl (C=O) groups is 1. The van der Waals surface area contributed by atoms with Crippen molar-refractivity contribution < 1.29 is 22.5 Å². The predicted molar refractivity (Wildman–Crippen MR) is 76.5 cm³/mol. The molecule has 0 saturated heterocycles. The van der Waals surface area contributed by atoms with E-state index >= 15 is 0 Å². The Morgan fingerprint density at radius 2 is 1.90 bits per heavy atom. The van der Waals surface area contributed by atoms with Crippen LogP contribution >= 0.6 is 0 Å². The summed E-state index contributed by atoms with van der Waals surface area (Å²) < 4.78 is 37.0. The van der Waals surface area contributed by atoms with Crippen molar-refractivity contribution in [1.82, 2.24) is 4.72 Å². The molecule has 1 aromatic rings. The second-order valence-corrected chi connectivity index (χ2v) is 7.53. The van der Waals surface area contributed by atoms with Crippen LogP contribution in [0.5, 0.6) is 0 Å². The van der Waals surface area contributed by atoms with E-state index < -0.39 is 26.8 Å². The molecular formula is C12H17NO5S2. The highest BCUT2D eigenvalue weighted by molar-refractivity contribution is 7.89. The molecule has 20 heavy (non-hydrogen) atoms. The van der Waals surface area contributed by atoms with E-state index in [4.69, 9.17) is 5.11 Å². The third-order valence-electron chi connectivity index (χ3n) is 2.54. The van der Waals surface area contributed by atoms with Gasteiger partial charge in [0.15, 0.2) is 0 Å². The largest absolute Gasteiger partial charge is 0.481 e. The first kappa shape index (κ1) is 16.8. The summed E-state index contributed by atoms with van der Waals surface area (Å²) in [5.41, 5.74) is 0.765. The Kier molecular flexibility index (Phi) is 6.31. The Morgan fingerprint density at radius 3 is 2.40 bits per heavy atom. The van der Waals surface area contributed by atoms with Crippen LogP contribution in [0, 0.1) is 0 Å². The normalized spacial score (nSPS) is 13.1. The first-order chi connectivity index (χ1) is 9.31. The molecule has 0 spiro atoms. The van der Waals surface area contributed by atoms with E-state index in [9.17, 15) is 17.4 Å². The number of nitrogens with one attached hydrogen (secondary N) is 1. The molecule has 8 heteroatoms. The number of hydrogen-bond acceptors (Lipinski definition) is 4. The zero-order valence-electron chi connectivity index (χ0n) is 11.0. The topological polar surface area (TPSA) is 101 Å². The van der Waals surface area contributed by atoms with E-state index in [1.54, 1.807) is 12.1 Å². The van der Waals surface area contributed by atoms with Gasteiger partial charge in [-0.25, -0.2) is 13.1 Å². The molecule has 1 rings (SSSR count). The molecule has 0 amide bonds. The number of rotatable bonds is 8. The van der Waals surface area contributed by atoms with Crippen molar-refractivity contribution in [2.45, 2.75) is 17.7 Å². The monoisotopic (exact) mass is 319 g/mol. The molecule has 1 atom stereocenters. The standard InChI is InChI=1S/C12H17NO5S2/c1-19(16)9-8-13-20(17,18)11-5-2-10(3-6-11)4-7-12(14)15/h2-3,5-6,13H,4,7-9H2,1H3,(H,14,15). The summed E-state index contributed by atoms with van der Waals surface area (Å²) in [7, 11) is -4.65. The van der Waals surface area contributed by atoms with Gasteiger partial charge in [-0.15, -0.1) is 0 Å². The molecule has 6 nitrogen and oxygen atoms in total. The number of aliphatic carboxylic acids is 1. The average molecular weight is 319 g/mol. The first-order valence-corrected chi connectivity index (χ1v) is 9.13. The van der Waals surface area contributed by atoms with Crippen LogP contribution in [0.4, 0.5) is 0 Å². The van der Waals surface area contributed by atoms with Crippen molar-refractivity contribution >= 4 is 26.8 Å². The maximum absolute atomic E-state index is 11.9. The lowest BCUT2D eigenvalue weighted by Crippen LogP contribution is -2.27. The van der Waals surface area contributed by atoms with Gasteiger partial charge in [-0.2, -0.15) is 0 Å². The summed E-state index contributed by atoms with van der Waals surface area (Å²) >= 11 is 0. The van der Waals surface area contributed by atoms with Crippen LogP contribution in [0.25, 0.3) is 0 Å². The van der Waals surface area contributed by atoms with Crippen LogP contribution in [0.1, 0.15) is 12.0 Å². The first-order valence-electron chi connectivity index (χ1n) is 5.91. The van der Waals surface area contributed by atoms with Crippen LogP contribution in [0.2, 0.25) is 0 Å². The lowest BCUT2D eigenvalue weighted by molar-refractivity contribution is -0.136. The Labute approximate surface area is 120 Å². The smallest absolute Gasteiger partial charge is 0.303 e. The Balaban J connectivity index is 2.66. The lowest BCUT2D eigenvalue weighted by atomic mass is 10.1. The second kappa shape index (κ2) is 7.51. The van der Waals surface area contributed by atoms with Gasteiger partial charge in [0.2, 0.25) is 10.0 Å². The summed E-state index contributed by atoms with van der Waals surface area (Å²) in [6.07, 6.45) is 1.87. The van der Waals surface area contributed by atoms with Crippen molar-refractivity contribution in [1.29, 1.82) is 0 Å². The van der Waals surface area contributed by atoms with Crippen molar-refractivity contribution in [3.8, 4) is 0 Å². The lowest BCUT2D eigenvalue weighted by Gasteiger charge is -2.06. The maximum atomic E-state index is 11.9. The molecule has 0 fully saturated rings. The average Bonchev–Trinajstić information content (AvgIpc) is 2.36. The van der Waals surface area contributed by atoms with Crippen LogP contribution < -0.4 is 4.72 Å². The van der Waals surface area contributed by atoms with Gasteiger partial charge in [0.05, 0.1) is 4.90 Å². The second-order valence-electron chi connectivity index (χ2n) is 4.21. The van der Waals surface area contributed by atoms with Crippen molar-refractivity contribution in [2.24, 2.45) is 0 Å². The SMILES string of the molecule is CS(=O)CCNS(=O)(=O)c1ccc(CCC(=O)O)cc1. The van der Waals surface area contributed by atoms with Gasteiger partial charge in [0.1, 0.15) is 0 Å². The number of carboxylic acid groups (broad SMARTS) is 1. The molecule has 0 radical (unpaired) electrons. The molecule has 112 valence electrons. The number of benzene rings is 1. The number of sulfonamides is 1. The van der Waals surface area contributed by atoms with Gasteiger partial charge in [-0.3, -0.25) is 9.00 Å². The minimum atomic E-state index is -3.60. The van der Waals surface area contributed by atoms with E-state index in [0.717, 1.165) is 5.56 Å². The Morgan fingerprint density at radius 1 is 1.30 bits per heavy atom. The summed E-state index contributed by atoms with van der Waals surface area (Å²) in [5, 5.41) is 8.57. The molecule has 0 bridgehead atoms. The summed E-state index contributed by atoms with van der Waals surface area (Å²) in [4.78, 5) is 10.6. The molecule has 0 heterocycles. The van der Waals surface area contributed by atoms with Gasteiger partial charge >= 0.3 is 5.97 Å². The molecule has 0 aromatic heterocycles. The molecule has 0 aliphatic carbocycles. The molecule has 0 saturated carbocycles. The van der Waals surface area contributed by atoms with Gasteiger partial charge in [-0.1, -0.05) is 12.1 Å². The van der Waals surface area contributed by atoms with Crippen LogP contribution in [-0.2, 0) is 32.0 Å². The van der Waals surface area contributed by atoms with Gasteiger partial charge in [-0.05, 0) is 24.1 Å². The minimum absolute atomic E-state index is 0.00661. The van der Waals surface area contributed by atoms with E-state index in [0.29, 0.717) is 6.42 Å². The molecular weight excluding hydrogens is 302 g/mol. The summed E-state index contributed by atoms with van der Waals surface area (Å²) in [6, 6.07) is 6.05. The Hall–Kier alpha value is -1.25. The fourth-order valence-corrected chi connectivity index (χ4v) is 3.04. The predicted octanol–water partition coefficient (Wildman–Crippen LogP) is 0.361. The molecule has 0 aliphatic rings. The zero-order valence-corrected chi connectivity index (χ0v) is 12.7. The molecule has 0 aliphatic heterocycles. The highest BCUT2D eigenvalue weighted by Gasteiger charge is 2.13. The molecule has 2 N–H and O–H groups in total. The van der Waals surface area contributed by atoms with Crippen molar-refractivity contribution in [3.63, 3.8) is 0 Å². The van der Waals surface area contributed by atoms with E-state index in [1.807, 2.05) is 0 Å². The van der Waals surface area contributed by atoms with Crippen LogP contribution in [0.3, 0.4) is 0 Å². The highest BCUT2D eigenvalue weighted by Crippen LogP contribution is 2.11. The zero-order chi connectivity index (χ0) is 15.2. The number of carboxylic acids is 1. The third-order valence-corrected chi connectivity index (χ3v) is 4.80. The summed E-state index contributed by atoms with van der Waals surface area (Å²) in [6.45, 7) is 0.117. The third kappa shape index (κ3) is 5.81. The van der Waals surface area contributed by atoms with E-state index in [1.165, 1.54) is 18.4 Å².